The van der Waals surface area contributed by atoms with Crippen LogP contribution in [0, 0.1) is 0 Å². The summed E-state index contributed by atoms with van der Waals surface area (Å²) in [5.74, 6) is -0.209. The molecule has 0 unspecified atom stereocenters. The molecule has 0 aliphatic heterocycles. The molecule has 0 spiro atoms. The molecule has 1 aromatic carbocycles. The second-order valence-electron chi connectivity index (χ2n) is 2.51. The summed E-state index contributed by atoms with van der Waals surface area (Å²) in [6.07, 6.45) is -4.63. The molecule has 0 saturated carbocycles. The molecule has 13 heavy (non-hydrogen) atoms. The summed E-state index contributed by atoms with van der Waals surface area (Å²) in [5, 5.41) is 0. The van der Waals surface area contributed by atoms with E-state index in [-0.39, 0.29) is 5.75 Å². The molecule has 0 bridgehead atoms. The molecule has 0 fully saturated rings. The maximum absolute atomic E-state index is 11.8. The quantitative estimate of drug-likeness (QED) is 0.690. The molecule has 0 aromatic heterocycles. The molecule has 1 rings (SSSR count). The van der Waals surface area contributed by atoms with Gasteiger partial charge in [0.15, 0.2) is 0 Å². The zero-order chi connectivity index (χ0) is 10.1. The average molecular weight is 253 g/mol. The van der Waals surface area contributed by atoms with Gasteiger partial charge in [0, 0.05) is 4.47 Å². The first-order valence-electron chi connectivity index (χ1n) is 3.40. The minimum atomic E-state index is -4.63. The highest BCUT2D eigenvalue weighted by molar-refractivity contribution is 9.10. The van der Waals surface area contributed by atoms with Crippen molar-refractivity contribution in [2.45, 2.75) is 6.36 Å². The summed E-state index contributed by atoms with van der Waals surface area (Å²) >= 11 is 3.07. The molecular formula is C7H5BBrF3O. The van der Waals surface area contributed by atoms with Crippen molar-refractivity contribution in [3.63, 3.8) is 0 Å². The maximum atomic E-state index is 11.8. The van der Waals surface area contributed by atoms with Crippen LogP contribution in [-0.4, -0.2) is 14.2 Å². The van der Waals surface area contributed by atoms with Gasteiger partial charge in [-0.1, -0.05) is 27.5 Å². The van der Waals surface area contributed by atoms with Gasteiger partial charge in [0.05, 0.1) is 0 Å². The predicted octanol–water partition coefficient (Wildman–Crippen LogP) is 1.61. The highest BCUT2D eigenvalue weighted by atomic mass is 79.9. The van der Waals surface area contributed by atoms with Crippen molar-refractivity contribution in [2.24, 2.45) is 0 Å². The lowest BCUT2D eigenvalue weighted by atomic mass is 9.96. The second-order valence-corrected chi connectivity index (χ2v) is 3.43. The van der Waals surface area contributed by atoms with E-state index in [1.165, 1.54) is 12.1 Å². The van der Waals surface area contributed by atoms with Gasteiger partial charge in [-0.25, -0.2) is 0 Å². The number of benzene rings is 1. The topological polar surface area (TPSA) is 9.23 Å². The molecule has 0 radical (unpaired) electrons. The lowest BCUT2D eigenvalue weighted by Crippen LogP contribution is -2.18. The highest BCUT2D eigenvalue weighted by Crippen LogP contribution is 2.24. The van der Waals surface area contributed by atoms with Crippen molar-refractivity contribution in [3.05, 3.63) is 22.7 Å². The number of ether oxygens (including phenoxy) is 1. The predicted molar refractivity (Wildman–Crippen MR) is 49.0 cm³/mol. The van der Waals surface area contributed by atoms with Crippen LogP contribution in [0.25, 0.3) is 0 Å². The third-order valence-electron chi connectivity index (χ3n) is 1.25. The summed E-state index contributed by atoms with van der Waals surface area (Å²) in [6.45, 7) is 0. The van der Waals surface area contributed by atoms with E-state index in [0.717, 1.165) is 0 Å². The van der Waals surface area contributed by atoms with E-state index < -0.39 is 6.36 Å². The van der Waals surface area contributed by atoms with Crippen LogP contribution in [0.1, 0.15) is 0 Å². The van der Waals surface area contributed by atoms with Gasteiger partial charge in [0.1, 0.15) is 13.6 Å². The second kappa shape index (κ2) is 3.61. The number of halogens is 4. The van der Waals surface area contributed by atoms with Crippen LogP contribution in [0.3, 0.4) is 0 Å². The van der Waals surface area contributed by atoms with Crippen molar-refractivity contribution in [1.82, 2.24) is 0 Å². The van der Waals surface area contributed by atoms with Crippen molar-refractivity contribution in [3.8, 4) is 5.75 Å². The van der Waals surface area contributed by atoms with E-state index in [1.54, 1.807) is 13.9 Å². The van der Waals surface area contributed by atoms with Crippen LogP contribution in [0.2, 0.25) is 0 Å². The third kappa shape index (κ3) is 3.72. The average Bonchev–Trinajstić information content (AvgIpc) is 1.78. The van der Waals surface area contributed by atoms with E-state index in [9.17, 15) is 13.2 Å². The van der Waals surface area contributed by atoms with Gasteiger partial charge >= 0.3 is 6.36 Å². The first kappa shape index (κ1) is 10.4. The molecule has 0 aliphatic rings. The number of hydrogen-bond acceptors (Lipinski definition) is 1. The summed E-state index contributed by atoms with van der Waals surface area (Å²) in [6, 6.07) is 4.28. The first-order chi connectivity index (χ1) is 5.87. The van der Waals surface area contributed by atoms with Gasteiger partial charge in [-0.2, -0.15) is 0 Å². The van der Waals surface area contributed by atoms with Crippen LogP contribution in [0.15, 0.2) is 22.7 Å². The van der Waals surface area contributed by atoms with Crippen molar-refractivity contribution in [2.75, 3.05) is 0 Å². The fourth-order valence-electron chi connectivity index (χ4n) is 0.895. The maximum Gasteiger partial charge on any atom is 0.573 e. The van der Waals surface area contributed by atoms with E-state index >= 15 is 0 Å². The number of alkyl halides is 3. The Morgan fingerprint density at radius 2 is 1.85 bits per heavy atom. The molecule has 0 amide bonds. The zero-order valence-electron chi connectivity index (χ0n) is 6.65. The Bertz CT molecular complexity index is 293. The molecule has 0 aliphatic carbocycles. The Hall–Kier alpha value is -0.645. The van der Waals surface area contributed by atoms with E-state index in [0.29, 0.717) is 9.94 Å². The molecule has 6 heteroatoms. The fraction of sp³-hybridized carbons (Fsp3) is 0.143. The smallest absolute Gasteiger partial charge is 0.406 e. The van der Waals surface area contributed by atoms with Crippen molar-refractivity contribution < 1.29 is 17.9 Å². The first-order valence-corrected chi connectivity index (χ1v) is 4.19. The molecule has 0 heterocycles. The normalized spacial score (nSPS) is 11.4. The Morgan fingerprint density at radius 1 is 1.23 bits per heavy atom. The summed E-state index contributed by atoms with van der Waals surface area (Å²) in [5.41, 5.74) is 0.702. The number of rotatable bonds is 1. The van der Waals surface area contributed by atoms with Crippen molar-refractivity contribution in [1.29, 1.82) is 0 Å². The van der Waals surface area contributed by atoms with E-state index in [2.05, 4.69) is 20.7 Å². The summed E-state index contributed by atoms with van der Waals surface area (Å²) in [7, 11) is 1.69. The van der Waals surface area contributed by atoms with Crippen LogP contribution in [0.4, 0.5) is 13.2 Å². The van der Waals surface area contributed by atoms with Gasteiger partial charge in [-0.3, -0.25) is 0 Å². The largest absolute Gasteiger partial charge is 0.573 e. The summed E-state index contributed by atoms with van der Waals surface area (Å²) < 4.78 is 39.6. The Balaban J connectivity index is 2.90. The fourth-order valence-corrected chi connectivity index (χ4v) is 1.48. The zero-order valence-corrected chi connectivity index (χ0v) is 8.24. The van der Waals surface area contributed by atoms with E-state index in [4.69, 9.17) is 0 Å². The molecule has 70 valence electrons. The van der Waals surface area contributed by atoms with Crippen LogP contribution >= 0.6 is 15.9 Å². The Kier molecular flexibility index (Phi) is 2.90. The van der Waals surface area contributed by atoms with Crippen LogP contribution in [-0.2, 0) is 0 Å². The van der Waals surface area contributed by atoms with E-state index in [1.807, 2.05) is 0 Å². The molecule has 0 atom stereocenters. The van der Waals surface area contributed by atoms with Crippen LogP contribution in [0.5, 0.6) is 5.75 Å². The molecular weight excluding hydrogens is 248 g/mol. The Morgan fingerprint density at radius 3 is 2.31 bits per heavy atom. The number of hydrogen-bond donors (Lipinski definition) is 0. The van der Waals surface area contributed by atoms with Crippen LogP contribution < -0.4 is 10.2 Å². The monoisotopic (exact) mass is 252 g/mol. The highest BCUT2D eigenvalue weighted by Gasteiger charge is 2.31. The van der Waals surface area contributed by atoms with Gasteiger partial charge in [-0.05, 0) is 12.1 Å². The minimum absolute atomic E-state index is 0.209. The van der Waals surface area contributed by atoms with Gasteiger partial charge in [-0.15, -0.1) is 13.2 Å². The third-order valence-corrected chi connectivity index (χ3v) is 1.71. The Labute approximate surface area is 82.4 Å². The van der Waals surface area contributed by atoms with Gasteiger partial charge < -0.3 is 4.74 Å². The van der Waals surface area contributed by atoms with Crippen molar-refractivity contribution >= 4 is 29.2 Å². The van der Waals surface area contributed by atoms with Gasteiger partial charge in [0.2, 0.25) is 0 Å². The SMILES string of the molecule is Bc1cc(Br)cc(OC(F)(F)F)c1. The lowest BCUT2D eigenvalue weighted by molar-refractivity contribution is -0.274. The van der Waals surface area contributed by atoms with Gasteiger partial charge in [0.25, 0.3) is 0 Å². The minimum Gasteiger partial charge on any atom is -0.406 e. The molecule has 1 aromatic rings. The standard InChI is InChI=1S/C7H5BBrF3O/c8-4-1-5(9)3-6(2-4)13-7(10,11)12/h1-3H,8H2. The molecule has 0 N–H and O–H groups in total. The lowest BCUT2D eigenvalue weighted by Gasteiger charge is -2.09. The summed E-state index contributed by atoms with van der Waals surface area (Å²) in [4.78, 5) is 0. The molecule has 1 nitrogen and oxygen atoms in total. The molecule has 0 saturated heterocycles.